The number of ether oxygens (including phenoxy) is 1. The highest BCUT2D eigenvalue weighted by molar-refractivity contribution is 6.32. The van der Waals surface area contributed by atoms with Crippen LogP contribution in [0.5, 0.6) is 5.75 Å². The van der Waals surface area contributed by atoms with Crippen molar-refractivity contribution in [3.63, 3.8) is 0 Å². The van der Waals surface area contributed by atoms with Gasteiger partial charge in [-0.1, -0.05) is 29.8 Å². The third kappa shape index (κ3) is 2.02. The predicted octanol–water partition coefficient (Wildman–Crippen LogP) is 2.53. The fourth-order valence-corrected chi connectivity index (χ4v) is 1.39. The molecule has 0 amide bonds. The van der Waals surface area contributed by atoms with Gasteiger partial charge in [-0.3, -0.25) is 0 Å². The first-order chi connectivity index (χ1) is 6.20. The SMILES string of the molecule is C=CC(N)c1cccc(Cl)c1OC. The molecule has 1 atom stereocenters. The molecule has 2 nitrogen and oxygen atoms in total. The number of methoxy groups -OCH3 is 1. The van der Waals surface area contributed by atoms with E-state index in [4.69, 9.17) is 22.1 Å². The normalized spacial score (nSPS) is 12.2. The molecule has 70 valence electrons. The Bertz CT molecular complexity index is 312. The molecule has 1 aromatic rings. The van der Waals surface area contributed by atoms with Gasteiger partial charge >= 0.3 is 0 Å². The number of hydrogen-bond donors (Lipinski definition) is 1. The first-order valence-corrected chi connectivity index (χ1v) is 4.29. The van der Waals surface area contributed by atoms with Crippen LogP contribution in [0, 0.1) is 0 Å². The molecule has 2 N–H and O–H groups in total. The Labute approximate surface area is 83.0 Å². The summed E-state index contributed by atoms with van der Waals surface area (Å²) in [5.41, 5.74) is 6.63. The third-order valence-electron chi connectivity index (χ3n) is 1.81. The number of halogens is 1. The van der Waals surface area contributed by atoms with Gasteiger partial charge in [0, 0.05) is 5.56 Å². The Hall–Kier alpha value is -0.990. The van der Waals surface area contributed by atoms with E-state index in [1.54, 1.807) is 19.3 Å². The average molecular weight is 198 g/mol. The molecule has 1 unspecified atom stereocenters. The Morgan fingerprint density at radius 2 is 2.31 bits per heavy atom. The summed E-state index contributed by atoms with van der Waals surface area (Å²) in [6, 6.07) is 5.23. The van der Waals surface area contributed by atoms with Crippen molar-refractivity contribution >= 4 is 11.6 Å². The summed E-state index contributed by atoms with van der Waals surface area (Å²) in [5, 5.41) is 0.567. The Morgan fingerprint density at radius 3 is 2.85 bits per heavy atom. The first-order valence-electron chi connectivity index (χ1n) is 3.91. The standard InChI is InChI=1S/C10H12ClNO/c1-3-9(12)7-5-4-6-8(11)10(7)13-2/h3-6,9H,1,12H2,2H3. The molecule has 1 rings (SSSR count). The summed E-state index contributed by atoms with van der Waals surface area (Å²) in [5.74, 6) is 0.622. The number of para-hydroxylation sites is 1. The lowest BCUT2D eigenvalue weighted by molar-refractivity contribution is 0.408. The molecule has 0 heterocycles. The zero-order valence-electron chi connectivity index (χ0n) is 7.46. The Balaban J connectivity index is 3.19. The average Bonchev–Trinajstić information content (AvgIpc) is 2.16. The second-order valence-corrected chi connectivity index (χ2v) is 3.03. The van der Waals surface area contributed by atoms with Gasteiger partial charge in [0.1, 0.15) is 5.75 Å². The van der Waals surface area contributed by atoms with Crippen molar-refractivity contribution < 1.29 is 4.74 Å². The number of nitrogens with two attached hydrogens (primary N) is 1. The fourth-order valence-electron chi connectivity index (χ4n) is 1.13. The van der Waals surface area contributed by atoms with Gasteiger partial charge in [0.25, 0.3) is 0 Å². The van der Waals surface area contributed by atoms with Crippen LogP contribution < -0.4 is 10.5 Å². The zero-order valence-corrected chi connectivity index (χ0v) is 8.21. The minimum Gasteiger partial charge on any atom is -0.495 e. The van der Waals surface area contributed by atoms with Crippen molar-refractivity contribution in [2.24, 2.45) is 5.73 Å². The maximum atomic E-state index is 5.92. The van der Waals surface area contributed by atoms with E-state index in [1.165, 1.54) is 0 Å². The first kappa shape index (κ1) is 10.1. The Morgan fingerprint density at radius 1 is 1.62 bits per heavy atom. The molecular formula is C10H12ClNO. The van der Waals surface area contributed by atoms with Crippen molar-refractivity contribution in [2.75, 3.05) is 7.11 Å². The van der Waals surface area contributed by atoms with Crippen LogP contribution in [0.1, 0.15) is 11.6 Å². The molecule has 1 aromatic carbocycles. The summed E-state index contributed by atoms with van der Waals surface area (Å²) in [6.07, 6.45) is 1.65. The van der Waals surface area contributed by atoms with Crippen LogP contribution in [0.15, 0.2) is 30.9 Å². The number of hydrogen-bond acceptors (Lipinski definition) is 2. The summed E-state index contributed by atoms with van der Waals surface area (Å²) >= 11 is 5.92. The van der Waals surface area contributed by atoms with Gasteiger partial charge in [-0.05, 0) is 6.07 Å². The lowest BCUT2D eigenvalue weighted by Crippen LogP contribution is -2.08. The predicted molar refractivity (Wildman–Crippen MR) is 55.1 cm³/mol. The maximum absolute atomic E-state index is 5.92. The van der Waals surface area contributed by atoms with Crippen molar-refractivity contribution in [1.82, 2.24) is 0 Å². The summed E-state index contributed by atoms with van der Waals surface area (Å²) in [6.45, 7) is 3.62. The van der Waals surface area contributed by atoms with Gasteiger partial charge < -0.3 is 10.5 Å². The summed E-state index contributed by atoms with van der Waals surface area (Å²) < 4.78 is 5.14. The molecule has 0 aliphatic carbocycles. The number of rotatable bonds is 3. The van der Waals surface area contributed by atoms with E-state index in [1.807, 2.05) is 12.1 Å². The molecule has 0 aliphatic heterocycles. The zero-order chi connectivity index (χ0) is 9.84. The molecule has 0 radical (unpaired) electrons. The van der Waals surface area contributed by atoms with Crippen LogP contribution in [-0.2, 0) is 0 Å². The second-order valence-electron chi connectivity index (χ2n) is 2.62. The largest absolute Gasteiger partial charge is 0.495 e. The minimum absolute atomic E-state index is 0.242. The van der Waals surface area contributed by atoms with E-state index in [0.29, 0.717) is 10.8 Å². The van der Waals surface area contributed by atoms with Crippen LogP contribution in [0.4, 0.5) is 0 Å². The topological polar surface area (TPSA) is 35.2 Å². The molecular weight excluding hydrogens is 186 g/mol. The summed E-state index contributed by atoms with van der Waals surface area (Å²) in [7, 11) is 1.57. The Kier molecular flexibility index (Phi) is 3.34. The molecule has 0 bridgehead atoms. The number of benzene rings is 1. The van der Waals surface area contributed by atoms with E-state index in [2.05, 4.69) is 6.58 Å². The minimum atomic E-state index is -0.242. The molecule has 13 heavy (non-hydrogen) atoms. The van der Waals surface area contributed by atoms with E-state index >= 15 is 0 Å². The molecule has 3 heteroatoms. The molecule has 0 fully saturated rings. The maximum Gasteiger partial charge on any atom is 0.142 e. The van der Waals surface area contributed by atoms with E-state index in [9.17, 15) is 0 Å². The molecule has 0 saturated carbocycles. The van der Waals surface area contributed by atoms with E-state index < -0.39 is 0 Å². The monoisotopic (exact) mass is 197 g/mol. The van der Waals surface area contributed by atoms with Crippen LogP contribution in [0.25, 0.3) is 0 Å². The highest BCUT2D eigenvalue weighted by Gasteiger charge is 2.10. The fraction of sp³-hybridized carbons (Fsp3) is 0.200. The quantitative estimate of drug-likeness (QED) is 0.756. The van der Waals surface area contributed by atoms with Crippen molar-refractivity contribution in [3.05, 3.63) is 41.4 Å². The van der Waals surface area contributed by atoms with E-state index in [0.717, 1.165) is 5.56 Å². The van der Waals surface area contributed by atoms with Crippen LogP contribution >= 0.6 is 11.6 Å². The van der Waals surface area contributed by atoms with Gasteiger partial charge in [-0.15, -0.1) is 6.58 Å². The van der Waals surface area contributed by atoms with Crippen LogP contribution in [0.3, 0.4) is 0 Å². The van der Waals surface area contributed by atoms with Gasteiger partial charge in [-0.2, -0.15) is 0 Å². The molecule has 0 aliphatic rings. The van der Waals surface area contributed by atoms with Gasteiger partial charge in [0.05, 0.1) is 18.2 Å². The molecule has 0 spiro atoms. The lowest BCUT2D eigenvalue weighted by atomic mass is 10.1. The highest BCUT2D eigenvalue weighted by atomic mass is 35.5. The van der Waals surface area contributed by atoms with Crippen molar-refractivity contribution in [1.29, 1.82) is 0 Å². The lowest BCUT2D eigenvalue weighted by Gasteiger charge is -2.12. The van der Waals surface area contributed by atoms with Crippen LogP contribution in [0.2, 0.25) is 5.02 Å². The van der Waals surface area contributed by atoms with Gasteiger partial charge in [-0.25, -0.2) is 0 Å². The van der Waals surface area contributed by atoms with E-state index in [-0.39, 0.29) is 6.04 Å². The van der Waals surface area contributed by atoms with Crippen molar-refractivity contribution in [3.8, 4) is 5.75 Å². The third-order valence-corrected chi connectivity index (χ3v) is 2.11. The van der Waals surface area contributed by atoms with Gasteiger partial charge in [0.2, 0.25) is 0 Å². The highest BCUT2D eigenvalue weighted by Crippen LogP contribution is 2.31. The van der Waals surface area contributed by atoms with Crippen LogP contribution in [-0.4, -0.2) is 7.11 Å². The van der Waals surface area contributed by atoms with Gasteiger partial charge in [0.15, 0.2) is 0 Å². The summed E-state index contributed by atoms with van der Waals surface area (Å²) in [4.78, 5) is 0. The molecule has 0 aromatic heterocycles. The van der Waals surface area contributed by atoms with Crippen molar-refractivity contribution in [2.45, 2.75) is 6.04 Å². The molecule has 0 saturated heterocycles. The second kappa shape index (κ2) is 4.30. The smallest absolute Gasteiger partial charge is 0.142 e.